The van der Waals surface area contributed by atoms with E-state index >= 15 is 0 Å². The third-order valence-electron chi connectivity index (χ3n) is 2.71. The highest BCUT2D eigenvalue weighted by molar-refractivity contribution is 5.73. The van der Waals surface area contributed by atoms with E-state index in [-0.39, 0.29) is 0 Å². The van der Waals surface area contributed by atoms with Gasteiger partial charge in [-0.25, -0.2) is 9.97 Å². The highest BCUT2D eigenvalue weighted by Crippen LogP contribution is 2.26. The molecule has 0 saturated carbocycles. The second-order valence-electron chi connectivity index (χ2n) is 3.87. The van der Waals surface area contributed by atoms with Crippen LogP contribution in [0.4, 0.5) is 5.95 Å². The van der Waals surface area contributed by atoms with Crippen LogP contribution in [-0.4, -0.2) is 40.1 Å². The molecule has 1 saturated heterocycles. The van der Waals surface area contributed by atoms with Crippen molar-refractivity contribution in [1.82, 2.24) is 9.97 Å². The zero-order valence-electron chi connectivity index (χ0n) is 8.55. The summed E-state index contributed by atoms with van der Waals surface area (Å²) in [4.78, 5) is 20.4. The maximum atomic E-state index is 10.4. The maximum Gasteiger partial charge on any atom is 0.225 e. The van der Waals surface area contributed by atoms with Crippen LogP contribution in [0.15, 0.2) is 12.4 Å². The van der Waals surface area contributed by atoms with Gasteiger partial charge in [0.25, 0.3) is 0 Å². The molecule has 0 radical (unpaired) electrons. The second-order valence-corrected chi connectivity index (χ2v) is 3.87. The summed E-state index contributed by atoms with van der Waals surface area (Å²) in [7, 11) is 0. The number of β-amino-alcohol motifs (C(OH)–C–C–N with tert-alkyl or cyclic N) is 1. The first-order valence-electron chi connectivity index (χ1n) is 4.91. The van der Waals surface area contributed by atoms with Crippen LogP contribution in [0.1, 0.15) is 23.7 Å². The summed E-state index contributed by atoms with van der Waals surface area (Å²) in [6.45, 7) is 3.07. The van der Waals surface area contributed by atoms with Gasteiger partial charge in [0.15, 0.2) is 6.29 Å². The summed E-state index contributed by atoms with van der Waals surface area (Å²) in [5.41, 5.74) is -0.128. The van der Waals surface area contributed by atoms with Crippen molar-refractivity contribution in [3.63, 3.8) is 0 Å². The van der Waals surface area contributed by atoms with Crippen LogP contribution in [0.3, 0.4) is 0 Å². The molecule has 2 rings (SSSR count). The largest absolute Gasteiger partial charge is 0.386 e. The fourth-order valence-corrected chi connectivity index (χ4v) is 1.58. The van der Waals surface area contributed by atoms with Gasteiger partial charge in [-0.05, 0) is 6.42 Å². The zero-order chi connectivity index (χ0) is 10.9. The molecule has 0 spiro atoms. The first-order valence-corrected chi connectivity index (χ1v) is 4.91. The van der Waals surface area contributed by atoms with Crippen LogP contribution < -0.4 is 4.90 Å². The van der Waals surface area contributed by atoms with E-state index in [4.69, 9.17) is 0 Å². The summed E-state index contributed by atoms with van der Waals surface area (Å²) in [6, 6.07) is 0. The maximum absolute atomic E-state index is 10.4. The molecule has 80 valence electrons. The average Bonchev–Trinajstić information content (AvgIpc) is 2.25. The fourth-order valence-electron chi connectivity index (χ4n) is 1.58. The molecule has 0 aliphatic carbocycles. The lowest BCUT2D eigenvalue weighted by molar-refractivity contribution is 0.00755. The number of carbonyl (C=O) groups is 1. The number of anilines is 1. The van der Waals surface area contributed by atoms with Crippen molar-refractivity contribution < 1.29 is 9.90 Å². The summed E-state index contributed by atoms with van der Waals surface area (Å²) in [5, 5.41) is 9.80. The Hall–Kier alpha value is -1.49. The molecule has 0 atom stereocenters. The number of aromatic nitrogens is 2. The lowest BCUT2D eigenvalue weighted by Crippen LogP contribution is -2.62. The number of aldehydes is 1. The molecule has 1 fully saturated rings. The van der Waals surface area contributed by atoms with Gasteiger partial charge in [0.05, 0.1) is 24.3 Å². The molecule has 0 bridgehead atoms. The Morgan fingerprint density at radius 1 is 1.53 bits per heavy atom. The lowest BCUT2D eigenvalue weighted by atomic mass is 9.92. The minimum atomic E-state index is -0.591. The molecule has 0 unspecified atom stereocenters. The van der Waals surface area contributed by atoms with Crippen LogP contribution >= 0.6 is 0 Å². The number of hydrogen-bond acceptors (Lipinski definition) is 5. The standard InChI is InChI=1S/C10H13N3O2/c1-2-10(15)6-13(7-10)9-11-3-8(5-14)4-12-9/h3-5,15H,2,6-7H2,1H3. The Bertz CT molecular complexity index is 357. The van der Waals surface area contributed by atoms with Gasteiger partial charge in [0.2, 0.25) is 5.95 Å². The molecule has 0 aromatic carbocycles. The van der Waals surface area contributed by atoms with Gasteiger partial charge in [-0.3, -0.25) is 4.79 Å². The lowest BCUT2D eigenvalue weighted by Gasteiger charge is -2.45. The fraction of sp³-hybridized carbons (Fsp3) is 0.500. The van der Waals surface area contributed by atoms with Gasteiger partial charge < -0.3 is 10.0 Å². The van der Waals surface area contributed by atoms with Crippen LogP contribution in [-0.2, 0) is 0 Å². The number of rotatable bonds is 3. The van der Waals surface area contributed by atoms with Crippen LogP contribution in [0.25, 0.3) is 0 Å². The van der Waals surface area contributed by atoms with Crippen molar-refractivity contribution in [1.29, 1.82) is 0 Å². The zero-order valence-corrected chi connectivity index (χ0v) is 8.55. The van der Waals surface area contributed by atoms with Gasteiger partial charge >= 0.3 is 0 Å². The van der Waals surface area contributed by atoms with Crippen molar-refractivity contribution in [2.75, 3.05) is 18.0 Å². The first kappa shape index (κ1) is 10.0. The number of aliphatic hydroxyl groups is 1. The van der Waals surface area contributed by atoms with E-state index in [2.05, 4.69) is 9.97 Å². The Labute approximate surface area is 87.8 Å². The monoisotopic (exact) mass is 207 g/mol. The van der Waals surface area contributed by atoms with Gasteiger partial charge in [0.1, 0.15) is 0 Å². The molecule has 1 N–H and O–H groups in total. The predicted octanol–water partition coefficient (Wildman–Crippen LogP) is 0.250. The molecule has 1 aromatic heterocycles. The van der Waals surface area contributed by atoms with E-state index < -0.39 is 5.60 Å². The molecule has 15 heavy (non-hydrogen) atoms. The highest BCUT2D eigenvalue weighted by atomic mass is 16.3. The summed E-state index contributed by atoms with van der Waals surface area (Å²) in [6.07, 6.45) is 4.41. The van der Waals surface area contributed by atoms with Crippen molar-refractivity contribution in [3.05, 3.63) is 18.0 Å². The van der Waals surface area contributed by atoms with E-state index in [1.54, 1.807) is 0 Å². The predicted molar refractivity (Wildman–Crippen MR) is 54.9 cm³/mol. The topological polar surface area (TPSA) is 66.3 Å². The molecular formula is C10H13N3O2. The van der Waals surface area contributed by atoms with Gasteiger partial charge in [-0.1, -0.05) is 6.92 Å². The third kappa shape index (κ3) is 1.83. The van der Waals surface area contributed by atoms with Crippen LogP contribution in [0.2, 0.25) is 0 Å². The van der Waals surface area contributed by atoms with Gasteiger partial charge in [-0.15, -0.1) is 0 Å². The molecule has 5 heteroatoms. The van der Waals surface area contributed by atoms with Crippen LogP contribution in [0, 0.1) is 0 Å². The molecule has 1 aliphatic rings. The Balaban J connectivity index is 2.04. The minimum absolute atomic E-state index is 0.463. The molecule has 1 aromatic rings. The summed E-state index contributed by atoms with van der Waals surface area (Å²) < 4.78 is 0. The van der Waals surface area contributed by atoms with Gasteiger partial charge in [-0.2, -0.15) is 0 Å². The number of nitrogens with zero attached hydrogens (tertiary/aromatic N) is 3. The molecular weight excluding hydrogens is 194 g/mol. The van der Waals surface area contributed by atoms with Gasteiger partial charge in [0, 0.05) is 12.4 Å². The number of hydrogen-bond donors (Lipinski definition) is 1. The Morgan fingerprint density at radius 2 is 2.13 bits per heavy atom. The minimum Gasteiger partial charge on any atom is -0.386 e. The SMILES string of the molecule is CCC1(O)CN(c2ncc(C=O)cn2)C1. The Morgan fingerprint density at radius 3 is 2.60 bits per heavy atom. The molecule has 1 aliphatic heterocycles. The second kappa shape index (κ2) is 3.58. The molecule has 5 nitrogen and oxygen atoms in total. The average molecular weight is 207 g/mol. The van der Waals surface area contributed by atoms with Crippen molar-refractivity contribution in [2.24, 2.45) is 0 Å². The number of carbonyl (C=O) groups excluding carboxylic acids is 1. The van der Waals surface area contributed by atoms with E-state index in [9.17, 15) is 9.90 Å². The van der Waals surface area contributed by atoms with E-state index in [1.165, 1.54) is 12.4 Å². The van der Waals surface area contributed by atoms with E-state index in [0.717, 1.165) is 6.42 Å². The summed E-state index contributed by atoms with van der Waals surface area (Å²) >= 11 is 0. The molecule has 2 heterocycles. The molecule has 0 amide bonds. The third-order valence-corrected chi connectivity index (χ3v) is 2.71. The van der Waals surface area contributed by atoms with Crippen LogP contribution in [0.5, 0.6) is 0 Å². The normalized spacial score (nSPS) is 18.4. The van der Waals surface area contributed by atoms with E-state index in [1.807, 2.05) is 11.8 Å². The first-order chi connectivity index (χ1) is 7.17. The Kier molecular flexibility index (Phi) is 2.40. The smallest absolute Gasteiger partial charge is 0.225 e. The summed E-state index contributed by atoms with van der Waals surface area (Å²) in [5.74, 6) is 0.568. The quantitative estimate of drug-likeness (QED) is 0.720. The van der Waals surface area contributed by atoms with Crippen molar-refractivity contribution in [3.8, 4) is 0 Å². The highest BCUT2D eigenvalue weighted by Gasteiger charge is 2.40. The van der Waals surface area contributed by atoms with Crippen molar-refractivity contribution >= 4 is 12.2 Å². The van der Waals surface area contributed by atoms with Crippen molar-refractivity contribution in [2.45, 2.75) is 18.9 Å². The van der Waals surface area contributed by atoms with E-state index in [0.29, 0.717) is 30.9 Å².